The van der Waals surface area contributed by atoms with E-state index in [1.807, 2.05) is 6.07 Å². The molecule has 0 aliphatic rings. The van der Waals surface area contributed by atoms with E-state index in [-0.39, 0.29) is 32.6 Å². The number of fused-ring (bicyclic) bond motifs is 1. The molecule has 0 bridgehead atoms. The van der Waals surface area contributed by atoms with Crippen LogP contribution in [0.25, 0.3) is 27.7 Å². The van der Waals surface area contributed by atoms with Crippen LogP contribution in [0.4, 0.5) is 0 Å². The molecular formula is C27H27N2O2Pt-. The molecule has 0 fully saturated rings. The summed E-state index contributed by atoms with van der Waals surface area (Å²) in [5.41, 5.74) is 5.75. The second-order valence-electron chi connectivity index (χ2n) is 7.62. The molecule has 5 heteroatoms. The molecule has 3 aromatic carbocycles. The quantitative estimate of drug-likeness (QED) is 0.166. The number of benzene rings is 3. The number of hydrogen-bond acceptors (Lipinski definition) is 3. The monoisotopic (exact) mass is 606 g/mol. The Labute approximate surface area is 203 Å². The Balaban J connectivity index is 0.000000398. The molecule has 0 aliphatic heterocycles. The molecule has 168 valence electrons. The van der Waals surface area contributed by atoms with E-state index in [1.54, 1.807) is 0 Å². The van der Waals surface area contributed by atoms with Gasteiger partial charge < -0.3 is 9.67 Å². The van der Waals surface area contributed by atoms with Gasteiger partial charge in [0.05, 0.1) is 17.3 Å². The van der Waals surface area contributed by atoms with Crippen molar-refractivity contribution in [1.82, 2.24) is 9.55 Å². The summed E-state index contributed by atoms with van der Waals surface area (Å²) in [7, 11) is 0. The van der Waals surface area contributed by atoms with Crippen LogP contribution in [0.2, 0.25) is 0 Å². The van der Waals surface area contributed by atoms with Crippen molar-refractivity contribution in [2.75, 3.05) is 0 Å². The van der Waals surface area contributed by atoms with Gasteiger partial charge >= 0.3 is 0 Å². The molecule has 4 nitrogen and oxygen atoms in total. The Morgan fingerprint density at radius 2 is 1.66 bits per heavy atom. The van der Waals surface area contributed by atoms with Crippen molar-refractivity contribution in [2.24, 2.45) is 0 Å². The van der Waals surface area contributed by atoms with Crippen molar-refractivity contribution in [3.8, 4) is 16.9 Å². The van der Waals surface area contributed by atoms with Gasteiger partial charge in [0.1, 0.15) is 0 Å². The largest absolute Gasteiger partial charge is 0.512 e. The van der Waals surface area contributed by atoms with E-state index in [1.165, 1.54) is 47.5 Å². The van der Waals surface area contributed by atoms with Gasteiger partial charge in [0.25, 0.3) is 0 Å². The van der Waals surface area contributed by atoms with Crippen LogP contribution in [-0.2, 0) is 25.9 Å². The molecule has 4 rings (SSSR count). The van der Waals surface area contributed by atoms with E-state index < -0.39 is 0 Å². The maximum atomic E-state index is 10.0. The number of aliphatic hydroxyl groups is 1. The summed E-state index contributed by atoms with van der Waals surface area (Å²) in [6, 6.07) is 22.2. The summed E-state index contributed by atoms with van der Waals surface area (Å²) >= 11 is 0. The Hall–Kier alpha value is -2.97. The van der Waals surface area contributed by atoms with Crippen molar-refractivity contribution in [3.05, 3.63) is 95.6 Å². The maximum Gasteiger partial charge on any atom is 0.155 e. The molecule has 0 amide bonds. The normalized spacial score (nSPS) is 10.8. The van der Waals surface area contributed by atoms with Gasteiger partial charge in [-0.05, 0) is 51.9 Å². The van der Waals surface area contributed by atoms with E-state index in [9.17, 15) is 4.79 Å². The van der Waals surface area contributed by atoms with E-state index in [4.69, 9.17) is 10.1 Å². The minimum Gasteiger partial charge on any atom is -0.512 e. The van der Waals surface area contributed by atoms with Crippen molar-refractivity contribution in [3.63, 3.8) is 0 Å². The molecule has 0 saturated heterocycles. The maximum absolute atomic E-state index is 10.0. The SMILES string of the molecule is CC(=O)/C=C(/C)O.Cc1cccc(C)c1-n1cc(-c2[c-]ccc3ccccc23)nc1C.[Pt]. The van der Waals surface area contributed by atoms with Gasteiger partial charge in [-0.15, -0.1) is 29.1 Å². The number of rotatable bonds is 3. The zero-order valence-electron chi connectivity index (χ0n) is 18.9. The zero-order valence-corrected chi connectivity index (χ0v) is 21.2. The first-order chi connectivity index (χ1) is 14.8. The number of hydrogen-bond donors (Lipinski definition) is 1. The molecule has 0 spiro atoms. The van der Waals surface area contributed by atoms with E-state index in [0.29, 0.717) is 0 Å². The molecule has 0 saturated carbocycles. The predicted molar refractivity (Wildman–Crippen MR) is 127 cm³/mol. The molecule has 1 N–H and O–H groups in total. The van der Waals surface area contributed by atoms with Crippen LogP contribution in [0, 0.1) is 26.8 Å². The number of carbonyl (C=O) groups excluding carboxylic acids is 1. The van der Waals surface area contributed by atoms with Gasteiger partial charge in [0, 0.05) is 32.8 Å². The van der Waals surface area contributed by atoms with Crippen LogP contribution >= 0.6 is 0 Å². The third-order valence-electron chi connectivity index (χ3n) is 4.95. The van der Waals surface area contributed by atoms with Crippen molar-refractivity contribution in [1.29, 1.82) is 0 Å². The number of aliphatic hydroxyl groups excluding tert-OH is 1. The first kappa shape index (κ1) is 25.3. The number of aromatic nitrogens is 2. The number of para-hydroxylation sites is 1. The van der Waals surface area contributed by atoms with E-state index in [0.717, 1.165) is 17.1 Å². The van der Waals surface area contributed by atoms with Crippen LogP contribution in [0.5, 0.6) is 0 Å². The number of nitrogens with zero attached hydrogens (tertiary/aromatic N) is 2. The summed E-state index contributed by atoms with van der Waals surface area (Å²) in [5.74, 6) is 0.927. The van der Waals surface area contributed by atoms with Crippen LogP contribution in [-0.4, -0.2) is 20.4 Å². The average molecular weight is 607 g/mol. The topological polar surface area (TPSA) is 55.1 Å². The molecule has 0 atom stereocenters. The third-order valence-corrected chi connectivity index (χ3v) is 4.95. The Kier molecular flexibility index (Phi) is 8.74. The number of allylic oxidation sites excluding steroid dienone is 2. The van der Waals surface area contributed by atoms with Crippen LogP contribution in [0.3, 0.4) is 0 Å². The molecule has 1 heterocycles. The third kappa shape index (κ3) is 5.83. The minimum absolute atomic E-state index is 0. The van der Waals surface area contributed by atoms with Crippen LogP contribution in [0.15, 0.2) is 72.6 Å². The summed E-state index contributed by atoms with van der Waals surface area (Å²) in [6.45, 7) is 9.19. The van der Waals surface area contributed by atoms with Gasteiger partial charge in [0.2, 0.25) is 0 Å². The number of ketones is 1. The first-order valence-corrected chi connectivity index (χ1v) is 10.2. The van der Waals surface area contributed by atoms with Crippen molar-refractivity contribution < 1.29 is 31.0 Å². The molecule has 4 aromatic rings. The van der Waals surface area contributed by atoms with Crippen LogP contribution < -0.4 is 0 Å². The summed E-state index contributed by atoms with van der Waals surface area (Å²) in [5, 5.41) is 10.8. The zero-order chi connectivity index (χ0) is 22.5. The second-order valence-corrected chi connectivity index (χ2v) is 7.62. The number of imidazole rings is 1. The van der Waals surface area contributed by atoms with E-state index in [2.05, 4.69) is 86.1 Å². The fraction of sp³-hybridized carbons (Fsp3) is 0.185. The smallest absolute Gasteiger partial charge is 0.155 e. The standard InChI is InChI=1S/C22H19N2.C5H8O2.Pt/c1-15-8-6-9-16(2)22(15)24-14-21(23-17(24)3)20-13-7-11-18-10-4-5-12-19(18)20;1-4(6)3-5(2)7;/h4-12,14H,1-3H3;3,6H,1-2H3;/q-1;;/b;4-3-;. The fourth-order valence-electron chi connectivity index (χ4n) is 3.67. The van der Waals surface area contributed by atoms with Gasteiger partial charge in [0.15, 0.2) is 5.78 Å². The number of carbonyl (C=O) groups is 1. The van der Waals surface area contributed by atoms with Crippen LogP contribution in [0.1, 0.15) is 30.8 Å². The molecule has 1 aromatic heterocycles. The van der Waals surface area contributed by atoms with Gasteiger partial charge in [-0.3, -0.25) is 9.78 Å². The van der Waals surface area contributed by atoms with Crippen molar-refractivity contribution in [2.45, 2.75) is 34.6 Å². The van der Waals surface area contributed by atoms with E-state index >= 15 is 0 Å². The average Bonchev–Trinajstić information content (AvgIpc) is 3.08. The van der Waals surface area contributed by atoms with Crippen molar-refractivity contribution >= 4 is 16.6 Å². The summed E-state index contributed by atoms with van der Waals surface area (Å²) in [6.07, 6.45) is 3.29. The molecule has 32 heavy (non-hydrogen) atoms. The Bertz CT molecular complexity index is 1240. The van der Waals surface area contributed by atoms with Gasteiger partial charge in [-0.25, -0.2) is 0 Å². The summed E-state index contributed by atoms with van der Waals surface area (Å²) in [4.78, 5) is 14.8. The Morgan fingerprint density at radius 3 is 2.25 bits per heavy atom. The van der Waals surface area contributed by atoms with Gasteiger partial charge in [-0.2, -0.15) is 0 Å². The Morgan fingerprint density at radius 1 is 1.00 bits per heavy atom. The minimum atomic E-state index is -0.125. The summed E-state index contributed by atoms with van der Waals surface area (Å²) < 4.78 is 2.19. The van der Waals surface area contributed by atoms with Gasteiger partial charge in [-0.1, -0.05) is 47.9 Å². The molecule has 0 aliphatic carbocycles. The molecular weight excluding hydrogens is 579 g/mol. The predicted octanol–water partition coefficient (Wildman–Crippen LogP) is 6.45. The fourth-order valence-corrected chi connectivity index (χ4v) is 3.67. The first-order valence-electron chi connectivity index (χ1n) is 10.2. The molecule has 0 unspecified atom stereocenters. The second kappa shape index (κ2) is 11.1. The molecule has 0 radical (unpaired) electrons. The number of aryl methyl sites for hydroxylation is 3.